The Morgan fingerprint density at radius 2 is 2.00 bits per heavy atom. The minimum Gasteiger partial charge on any atom is -0.321 e. The first-order valence-corrected chi connectivity index (χ1v) is 7.99. The average Bonchev–Trinajstić information content (AvgIpc) is 2.79. The first-order valence-electron chi connectivity index (χ1n) is 7.20. The predicted molar refractivity (Wildman–Crippen MR) is 82.0 cm³/mol. The predicted octanol–water partition coefficient (Wildman–Crippen LogP) is 2.93. The van der Waals surface area contributed by atoms with E-state index < -0.39 is 0 Å². The number of rotatable bonds is 4. The van der Waals surface area contributed by atoms with Gasteiger partial charge < -0.3 is 5.73 Å². The second kappa shape index (κ2) is 5.94. The fourth-order valence-corrected chi connectivity index (χ4v) is 3.48. The maximum absolute atomic E-state index is 6.59. The number of aromatic nitrogens is 2. The molecule has 0 aliphatic carbocycles. The quantitative estimate of drug-likeness (QED) is 0.924. The molecule has 0 saturated carbocycles. The van der Waals surface area contributed by atoms with Crippen molar-refractivity contribution in [2.24, 2.45) is 5.73 Å². The van der Waals surface area contributed by atoms with Crippen LogP contribution in [0, 0.1) is 0 Å². The summed E-state index contributed by atoms with van der Waals surface area (Å²) < 4.78 is 3.02. The van der Waals surface area contributed by atoms with Crippen LogP contribution in [0.25, 0.3) is 0 Å². The van der Waals surface area contributed by atoms with Crippen molar-refractivity contribution in [3.63, 3.8) is 0 Å². The Hall–Kier alpha value is -0.390. The molecule has 1 unspecified atom stereocenters. The van der Waals surface area contributed by atoms with Crippen LogP contribution in [-0.2, 0) is 6.54 Å². The monoisotopic (exact) mass is 328 g/mol. The Labute approximate surface area is 124 Å². The average molecular weight is 329 g/mol. The van der Waals surface area contributed by atoms with Crippen molar-refractivity contribution in [2.75, 3.05) is 13.1 Å². The van der Waals surface area contributed by atoms with Gasteiger partial charge in [-0.25, -0.2) is 0 Å². The van der Waals surface area contributed by atoms with Gasteiger partial charge in [0, 0.05) is 12.1 Å². The van der Waals surface area contributed by atoms with E-state index in [0.717, 1.165) is 29.8 Å². The molecule has 4 nitrogen and oxygen atoms in total. The van der Waals surface area contributed by atoms with Crippen LogP contribution in [0.3, 0.4) is 0 Å². The zero-order valence-corrected chi connectivity index (χ0v) is 13.8. The van der Waals surface area contributed by atoms with E-state index in [2.05, 4.69) is 46.7 Å². The lowest BCUT2D eigenvalue weighted by Crippen LogP contribution is -2.53. The molecule has 0 bridgehead atoms. The van der Waals surface area contributed by atoms with E-state index in [1.54, 1.807) is 0 Å². The highest BCUT2D eigenvalue weighted by Crippen LogP contribution is 2.34. The highest BCUT2D eigenvalue weighted by atomic mass is 79.9. The van der Waals surface area contributed by atoms with Gasteiger partial charge in [0.25, 0.3) is 0 Å². The van der Waals surface area contributed by atoms with Crippen molar-refractivity contribution >= 4 is 15.9 Å². The maximum atomic E-state index is 6.59. The lowest BCUT2D eigenvalue weighted by Gasteiger charge is -2.44. The van der Waals surface area contributed by atoms with E-state index in [-0.39, 0.29) is 11.6 Å². The molecule has 2 N–H and O–H groups in total. The van der Waals surface area contributed by atoms with E-state index in [1.165, 1.54) is 19.3 Å². The van der Waals surface area contributed by atoms with Crippen LogP contribution >= 0.6 is 15.9 Å². The van der Waals surface area contributed by atoms with Gasteiger partial charge in [0.05, 0.1) is 22.4 Å². The summed E-state index contributed by atoms with van der Waals surface area (Å²) in [6.07, 6.45) is 5.76. The summed E-state index contributed by atoms with van der Waals surface area (Å²) in [4.78, 5) is 2.53. The van der Waals surface area contributed by atoms with Crippen LogP contribution in [-0.4, -0.2) is 33.3 Å². The molecule has 5 heteroatoms. The normalized spacial score (nSPS) is 19.6. The van der Waals surface area contributed by atoms with Gasteiger partial charge in [0.2, 0.25) is 0 Å². The molecule has 1 aromatic rings. The van der Waals surface area contributed by atoms with Gasteiger partial charge in [-0.05, 0) is 62.6 Å². The van der Waals surface area contributed by atoms with Gasteiger partial charge in [-0.2, -0.15) is 5.10 Å². The number of nitrogens with two attached hydrogens (primary N) is 1. The van der Waals surface area contributed by atoms with E-state index in [0.29, 0.717) is 0 Å². The Morgan fingerprint density at radius 3 is 2.58 bits per heavy atom. The highest BCUT2D eigenvalue weighted by molar-refractivity contribution is 9.10. The number of likely N-dealkylation sites (tertiary alicyclic amines) is 1. The van der Waals surface area contributed by atoms with Crippen molar-refractivity contribution in [3.8, 4) is 0 Å². The van der Waals surface area contributed by atoms with Crippen molar-refractivity contribution < 1.29 is 0 Å². The molecule has 0 aromatic carbocycles. The number of hydrogen-bond donors (Lipinski definition) is 1. The number of nitrogens with zero attached hydrogens (tertiary/aromatic N) is 3. The molecule has 0 spiro atoms. The van der Waals surface area contributed by atoms with Crippen LogP contribution in [0.15, 0.2) is 10.7 Å². The Balaban J connectivity index is 2.25. The van der Waals surface area contributed by atoms with Crippen molar-refractivity contribution in [2.45, 2.75) is 58.2 Å². The van der Waals surface area contributed by atoms with Crippen molar-refractivity contribution in [1.29, 1.82) is 0 Å². The fourth-order valence-electron chi connectivity index (χ4n) is 2.93. The maximum Gasteiger partial charge on any atom is 0.0712 e. The molecule has 1 saturated heterocycles. The fraction of sp³-hybridized carbons (Fsp3) is 0.786. The third kappa shape index (κ3) is 2.88. The molecule has 0 radical (unpaired) electrons. The van der Waals surface area contributed by atoms with Gasteiger partial charge >= 0.3 is 0 Å². The molecule has 1 fully saturated rings. The molecular weight excluding hydrogens is 304 g/mol. The van der Waals surface area contributed by atoms with Crippen LogP contribution in [0.5, 0.6) is 0 Å². The smallest absolute Gasteiger partial charge is 0.0712 e. The third-order valence-corrected chi connectivity index (χ3v) is 4.97. The first-order chi connectivity index (χ1) is 8.98. The van der Waals surface area contributed by atoms with Gasteiger partial charge in [-0.1, -0.05) is 6.42 Å². The SMILES string of the molecule is CCn1ncc(Br)c1C(N)C(C)(C)N1CCCCC1. The number of aryl methyl sites for hydroxylation is 1. The minimum absolute atomic E-state index is 0.0394. The summed E-state index contributed by atoms with van der Waals surface area (Å²) >= 11 is 3.59. The zero-order valence-electron chi connectivity index (χ0n) is 12.2. The van der Waals surface area contributed by atoms with Gasteiger partial charge in [0.15, 0.2) is 0 Å². The highest BCUT2D eigenvalue weighted by Gasteiger charge is 2.37. The number of hydrogen-bond acceptors (Lipinski definition) is 3. The van der Waals surface area contributed by atoms with Gasteiger partial charge in [-0.15, -0.1) is 0 Å². The van der Waals surface area contributed by atoms with Crippen LogP contribution in [0.2, 0.25) is 0 Å². The van der Waals surface area contributed by atoms with Crippen LogP contribution in [0.1, 0.15) is 51.8 Å². The first kappa shape index (κ1) is 15.0. The topological polar surface area (TPSA) is 47.1 Å². The molecule has 2 heterocycles. The van der Waals surface area contributed by atoms with Gasteiger partial charge in [-0.3, -0.25) is 9.58 Å². The third-order valence-electron chi connectivity index (χ3n) is 4.36. The summed E-state index contributed by atoms with van der Waals surface area (Å²) in [5, 5.41) is 4.39. The van der Waals surface area contributed by atoms with Gasteiger partial charge in [0.1, 0.15) is 0 Å². The molecule has 19 heavy (non-hydrogen) atoms. The molecule has 1 aliphatic rings. The lowest BCUT2D eigenvalue weighted by molar-refractivity contribution is 0.0702. The lowest BCUT2D eigenvalue weighted by atomic mass is 9.88. The largest absolute Gasteiger partial charge is 0.321 e. The molecular formula is C14H25BrN4. The zero-order chi connectivity index (χ0) is 14.0. The van der Waals surface area contributed by atoms with Crippen LogP contribution in [0.4, 0.5) is 0 Å². The summed E-state index contributed by atoms with van der Waals surface area (Å²) in [5.74, 6) is 0. The summed E-state index contributed by atoms with van der Waals surface area (Å²) in [5.41, 5.74) is 7.66. The summed E-state index contributed by atoms with van der Waals surface area (Å²) in [7, 11) is 0. The van der Waals surface area contributed by atoms with E-state index in [1.807, 2.05) is 10.9 Å². The molecule has 1 aliphatic heterocycles. The Morgan fingerprint density at radius 1 is 1.37 bits per heavy atom. The van der Waals surface area contributed by atoms with Crippen molar-refractivity contribution in [1.82, 2.24) is 14.7 Å². The number of piperidine rings is 1. The second-order valence-electron chi connectivity index (χ2n) is 5.87. The Bertz CT molecular complexity index is 421. The second-order valence-corrected chi connectivity index (χ2v) is 6.73. The molecule has 0 amide bonds. The van der Waals surface area contributed by atoms with Crippen LogP contribution < -0.4 is 5.73 Å². The molecule has 1 aromatic heterocycles. The van der Waals surface area contributed by atoms with Crippen molar-refractivity contribution in [3.05, 3.63) is 16.4 Å². The van der Waals surface area contributed by atoms with E-state index >= 15 is 0 Å². The standard InChI is InChI=1S/C14H25BrN4/c1-4-19-12(11(15)10-17-19)13(16)14(2,3)18-8-6-5-7-9-18/h10,13H,4-9,16H2,1-3H3. The minimum atomic E-state index is -0.0457. The molecule has 1 atom stereocenters. The Kier molecular flexibility index (Phi) is 4.69. The van der Waals surface area contributed by atoms with E-state index in [4.69, 9.17) is 5.73 Å². The summed E-state index contributed by atoms with van der Waals surface area (Å²) in [6.45, 7) is 9.76. The molecule has 108 valence electrons. The number of halogens is 1. The van der Waals surface area contributed by atoms with E-state index in [9.17, 15) is 0 Å². The molecule has 2 rings (SSSR count). The summed E-state index contributed by atoms with van der Waals surface area (Å²) in [6, 6.07) is -0.0394.